The van der Waals surface area contributed by atoms with Crippen molar-refractivity contribution in [2.75, 3.05) is 5.32 Å². The van der Waals surface area contributed by atoms with Crippen LogP contribution in [-0.4, -0.2) is 28.1 Å². The van der Waals surface area contributed by atoms with Gasteiger partial charge in [0.1, 0.15) is 6.42 Å². The third-order valence-electron chi connectivity index (χ3n) is 2.70. The van der Waals surface area contributed by atoms with Crippen molar-refractivity contribution in [1.29, 1.82) is 0 Å². The summed E-state index contributed by atoms with van der Waals surface area (Å²) in [6.45, 7) is 0. The van der Waals surface area contributed by atoms with Crippen LogP contribution in [0.4, 0.5) is 5.69 Å². The lowest BCUT2D eigenvalue weighted by Crippen LogP contribution is -2.17. The third kappa shape index (κ3) is 2.92. The molecule has 1 amide bonds. The first-order chi connectivity index (χ1) is 9.47. The van der Waals surface area contributed by atoms with E-state index in [1.807, 2.05) is 0 Å². The van der Waals surface area contributed by atoms with Crippen LogP contribution in [0.15, 0.2) is 36.4 Å². The number of nitrogens with one attached hydrogen (secondary N) is 1. The molecule has 0 fully saturated rings. The lowest BCUT2D eigenvalue weighted by Gasteiger charge is -2.09. The van der Waals surface area contributed by atoms with Crippen molar-refractivity contribution in [1.82, 2.24) is 0 Å². The summed E-state index contributed by atoms with van der Waals surface area (Å²) >= 11 is 0. The Morgan fingerprint density at radius 1 is 1.00 bits per heavy atom. The minimum atomic E-state index is -1.28. The summed E-state index contributed by atoms with van der Waals surface area (Å²) in [5.74, 6) is -3.24. The van der Waals surface area contributed by atoms with Gasteiger partial charge in [-0.1, -0.05) is 24.3 Å². The molecule has 0 aliphatic rings. The van der Waals surface area contributed by atoms with Gasteiger partial charge in [-0.05, 0) is 22.9 Å². The molecule has 0 unspecified atom stereocenters. The van der Waals surface area contributed by atoms with E-state index < -0.39 is 24.3 Å². The van der Waals surface area contributed by atoms with E-state index in [4.69, 9.17) is 10.2 Å². The maximum Gasteiger partial charge on any atom is 0.337 e. The molecule has 2 aromatic rings. The molecule has 0 saturated heterocycles. The van der Waals surface area contributed by atoms with Gasteiger partial charge in [0.15, 0.2) is 0 Å². The Bertz CT molecular complexity index is 708. The van der Waals surface area contributed by atoms with Crippen molar-refractivity contribution in [3.05, 3.63) is 42.0 Å². The molecule has 6 heteroatoms. The molecule has 0 heterocycles. The molecule has 0 aliphatic carbocycles. The summed E-state index contributed by atoms with van der Waals surface area (Å²) in [6.07, 6.45) is -0.716. The molecule has 0 atom stereocenters. The van der Waals surface area contributed by atoms with Gasteiger partial charge >= 0.3 is 11.9 Å². The van der Waals surface area contributed by atoms with Gasteiger partial charge in [-0.3, -0.25) is 9.59 Å². The predicted molar refractivity (Wildman–Crippen MR) is 71.8 cm³/mol. The molecule has 2 aromatic carbocycles. The second-order valence-corrected chi connectivity index (χ2v) is 4.17. The standard InChI is InChI=1S/C14H11NO5/c16-12(7-13(17)18)15-11-6-9-4-2-1-3-8(9)5-10(11)14(19)20/h1-6H,7H2,(H,15,16)(H,17,18)(H,19,20). The fraction of sp³-hybridized carbons (Fsp3) is 0.0714. The summed E-state index contributed by atoms with van der Waals surface area (Å²) in [6, 6.07) is 10.0. The van der Waals surface area contributed by atoms with Crippen LogP contribution < -0.4 is 5.32 Å². The fourth-order valence-electron chi connectivity index (χ4n) is 1.85. The highest BCUT2D eigenvalue weighted by molar-refractivity contribution is 6.07. The Hall–Kier alpha value is -2.89. The van der Waals surface area contributed by atoms with Crippen LogP contribution in [0.2, 0.25) is 0 Å². The van der Waals surface area contributed by atoms with E-state index in [9.17, 15) is 14.4 Å². The molecule has 20 heavy (non-hydrogen) atoms. The van der Waals surface area contributed by atoms with Crippen molar-refractivity contribution >= 4 is 34.3 Å². The van der Waals surface area contributed by atoms with Gasteiger partial charge in [-0.25, -0.2) is 4.79 Å². The zero-order valence-electron chi connectivity index (χ0n) is 10.3. The van der Waals surface area contributed by atoms with Crippen LogP contribution in [0, 0.1) is 0 Å². The van der Waals surface area contributed by atoms with E-state index in [1.54, 1.807) is 24.3 Å². The lowest BCUT2D eigenvalue weighted by atomic mass is 10.0. The number of amides is 1. The van der Waals surface area contributed by atoms with Gasteiger partial charge in [-0.15, -0.1) is 0 Å². The summed E-state index contributed by atoms with van der Waals surface area (Å²) in [5.41, 5.74) is 0.00453. The van der Waals surface area contributed by atoms with E-state index in [2.05, 4.69) is 5.32 Å². The topological polar surface area (TPSA) is 104 Å². The lowest BCUT2D eigenvalue weighted by molar-refractivity contribution is -0.139. The Balaban J connectivity index is 2.44. The fourth-order valence-corrected chi connectivity index (χ4v) is 1.85. The second kappa shape index (κ2) is 5.40. The van der Waals surface area contributed by atoms with Crippen molar-refractivity contribution in [2.45, 2.75) is 6.42 Å². The van der Waals surface area contributed by atoms with Crippen LogP contribution >= 0.6 is 0 Å². The maximum atomic E-state index is 11.4. The van der Waals surface area contributed by atoms with Crippen molar-refractivity contribution in [2.24, 2.45) is 0 Å². The molecule has 3 N–H and O–H groups in total. The number of carboxylic acids is 2. The number of aromatic carboxylic acids is 1. The second-order valence-electron chi connectivity index (χ2n) is 4.17. The van der Waals surface area contributed by atoms with Crippen molar-refractivity contribution < 1.29 is 24.6 Å². The Morgan fingerprint density at radius 2 is 1.60 bits per heavy atom. The predicted octanol–water partition coefficient (Wildman–Crippen LogP) is 1.95. The van der Waals surface area contributed by atoms with Crippen LogP contribution in [-0.2, 0) is 9.59 Å². The zero-order chi connectivity index (χ0) is 14.7. The first-order valence-electron chi connectivity index (χ1n) is 5.75. The van der Waals surface area contributed by atoms with Gasteiger partial charge in [-0.2, -0.15) is 0 Å². The molecule has 6 nitrogen and oxygen atoms in total. The molecule has 0 aliphatic heterocycles. The average molecular weight is 273 g/mol. The van der Waals surface area contributed by atoms with Crippen LogP contribution in [0.1, 0.15) is 16.8 Å². The number of rotatable bonds is 4. The van der Waals surface area contributed by atoms with Gasteiger partial charge in [0.2, 0.25) is 5.91 Å². The Labute approximate surface area is 113 Å². The number of fused-ring (bicyclic) bond motifs is 1. The van der Waals surface area contributed by atoms with E-state index in [0.29, 0.717) is 0 Å². The quantitative estimate of drug-likeness (QED) is 0.738. The van der Waals surface area contributed by atoms with Crippen molar-refractivity contribution in [3.8, 4) is 0 Å². The van der Waals surface area contributed by atoms with Crippen molar-refractivity contribution in [3.63, 3.8) is 0 Å². The highest BCUT2D eigenvalue weighted by Crippen LogP contribution is 2.24. The number of anilines is 1. The molecule has 0 aromatic heterocycles. The highest BCUT2D eigenvalue weighted by Gasteiger charge is 2.15. The van der Waals surface area contributed by atoms with E-state index in [0.717, 1.165) is 10.8 Å². The average Bonchev–Trinajstić information content (AvgIpc) is 2.36. The molecule has 0 bridgehead atoms. The zero-order valence-corrected chi connectivity index (χ0v) is 10.3. The van der Waals surface area contributed by atoms with Crippen LogP contribution in [0.3, 0.4) is 0 Å². The first kappa shape index (κ1) is 13.5. The van der Waals surface area contributed by atoms with E-state index >= 15 is 0 Å². The number of aliphatic carboxylic acids is 1. The number of carbonyl (C=O) groups is 3. The van der Waals surface area contributed by atoms with E-state index in [1.165, 1.54) is 12.1 Å². The summed E-state index contributed by atoms with van der Waals surface area (Å²) in [5, 5.41) is 21.5. The molecular weight excluding hydrogens is 262 g/mol. The largest absolute Gasteiger partial charge is 0.481 e. The number of hydrogen-bond donors (Lipinski definition) is 3. The highest BCUT2D eigenvalue weighted by atomic mass is 16.4. The Kier molecular flexibility index (Phi) is 3.65. The van der Waals surface area contributed by atoms with Gasteiger partial charge in [0, 0.05) is 0 Å². The summed E-state index contributed by atoms with van der Waals surface area (Å²) < 4.78 is 0. The Morgan fingerprint density at radius 3 is 2.15 bits per heavy atom. The van der Waals surface area contributed by atoms with E-state index in [-0.39, 0.29) is 11.3 Å². The minimum absolute atomic E-state index is 0.0811. The minimum Gasteiger partial charge on any atom is -0.481 e. The third-order valence-corrected chi connectivity index (χ3v) is 2.70. The van der Waals surface area contributed by atoms with Gasteiger partial charge < -0.3 is 15.5 Å². The van der Waals surface area contributed by atoms with Crippen LogP contribution in [0.5, 0.6) is 0 Å². The summed E-state index contributed by atoms with van der Waals surface area (Å²) in [7, 11) is 0. The number of carbonyl (C=O) groups excluding carboxylic acids is 1. The monoisotopic (exact) mass is 273 g/mol. The smallest absolute Gasteiger partial charge is 0.337 e. The number of carboxylic acid groups (broad SMARTS) is 2. The van der Waals surface area contributed by atoms with Crippen LogP contribution in [0.25, 0.3) is 10.8 Å². The molecule has 2 rings (SSSR count). The molecular formula is C14H11NO5. The molecule has 0 spiro atoms. The SMILES string of the molecule is O=C(O)CC(=O)Nc1cc2ccccc2cc1C(=O)O. The molecule has 102 valence electrons. The first-order valence-corrected chi connectivity index (χ1v) is 5.75. The molecule has 0 radical (unpaired) electrons. The normalized spacial score (nSPS) is 10.2. The summed E-state index contributed by atoms with van der Waals surface area (Å²) in [4.78, 5) is 33.1. The van der Waals surface area contributed by atoms with Gasteiger partial charge in [0.05, 0.1) is 11.3 Å². The number of hydrogen-bond acceptors (Lipinski definition) is 3. The number of benzene rings is 2. The molecule has 0 saturated carbocycles. The van der Waals surface area contributed by atoms with Gasteiger partial charge in [0.25, 0.3) is 0 Å². The maximum absolute atomic E-state index is 11.4.